The maximum Gasteiger partial charge on any atom is 0.263 e. The van der Waals surface area contributed by atoms with Gasteiger partial charge in [0.2, 0.25) is 0 Å². The SMILES string of the molecule is CC(C)c1ccc(C(=O)Cn2c(-c3ccccc3)nc3sc4c(c3c2=O)CCCC4)cc1. The van der Waals surface area contributed by atoms with Crippen molar-refractivity contribution < 1.29 is 4.79 Å². The van der Waals surface area contributed by atoms with Gasteiger partial charge in [0.15, 0.2) is 5.78 Å². The Hall–Kier alpha value is -3.05. The fourth-order valence-electron chi connectivity index (χ4n) is 4.48. The second-order valence-corrected chi connectivity index (χ2v) is 9.87. The van der Waals surface area contributed by atoms with Crippen molar-refractivity contribution in [2.75, 3.05) is 0 Å². The molecule has 0 spiro atoms. The van der Waals surface area contributed by atoms with Crippen LogP contribution < -0.4 is 5.56 Å². The normalized spacial score (nSPS) is 13.5. The third-order valence-electron chi connectivity index (χ3n) is 6.31. The van der Waals surface area contributed by atoms with Gasteiger partial charge in [-0.05, 0) is 42.7 Å². The minimum Gasteiger partial charge on any atom is -0.292 e. The standard InChI is InChI=1S/C27H26N2O2S/c1-17(2)18-12-14-19(15-13-18)22(30)16-29-25(20-8-4-3-5-9-20)28-26-24(27(29)31)21-10-6-7-11-23(21)32-26/h3-5,8-9,12-15,17H,6-7,10-11,16H2,1-2H3. The lowest BCUT2D eigenvalue weighted by Crippen LogP contribution is -2.27. The van der Waals surface area contributed by atoms with Crippen LogP contribution in [0.1, 0.15) is 59.0 Å². The number of nitrogens with zero attached hydrogens (tertiary/aromatic N) is 2. The first-order chi connectivity index (χ1) is 15.5. The molecule has 4 nitrogen and oxygen atoms in total. The number of hydrogen-bond donors (Lipinski definition) is 0. The molecule has 0 atom stereocenters. The zero-order chi connectivity index (χ0) is 22.2. The van der Waals surface area contributed by atoms with Gasteiger partial charge in [0.25, 0.3) is 5.56 Å². The number of aromatic nitrogens is 2. The number of carbonyl (C=O) groups excluding carboxylic acids is 1. The van der Waals surface area contributed by atoms with E-state index < -0.39 is 0 Å². The molecular formula is C27H26N2O2S. The van der Waals surface area contributed by atoms with E-state index in [1.807, 2.05) is 54.6 Å². The lowest BCUT2D eigenvalue weighted by atomic mass is 9.97. The van der Waals surface area contributed by atoms with Crippen molar-refractivity contribution in [1.82, 2.24) is 9.55 Å². The monoisotopic (exact) mass is 442 g/mol. The Bertz CT molecular complexity index is 1350. The first-order valence-corrected chi connectivity index (χ1v) is 12.1. The minimum absolute atomic E-state index is 0.0162. The van der Waals surface area contributed by atoms with Crippen LogP contribution in [0.2, 0.25) is 0 Å². The molecule has 0 saturated carbocycles. The van der Waals surface area contributed by atoms with Gasteiger partial charge in [0.1, 0.15) is 10.7 Å². The summed E-state index contributed by atoms with van der Waals surface area (Å²) in [6.45, 7) is 4.24. The zero-order valence-corrected chi connectivity index (χ0v) is 19.2. The van der Waals surface area contributed by atoms with E-state index in [0.717, 1.165) is 41.6 Å². The molecule has 1 aliphatic rings. The van der Waals surface area contributed by atoms with Crippen molar-refractivity contribution in [1.29, 1.82) is 0 Å². The van der Waals surface area contributed by atoms with Gasteiger partial charge in [-0.2, -0.15) is 0 Å². The number of carbonyl (C=O) groups is 1. The molecule has 0 bridgehead atoms. The summed E-state index contributed by atoms with van der Waals surface area (Å²) in [7, 11) is 0. The molecule has 0 aliphatic heterocycles. The van der Waals surface area contributed by atoms with Crippen LogP contribution in [0.5, 0.6) is 0 Å². The molecule has 1 aliphatic carbocycles. The third-order valence-corrected chi connectivity index (χ3v) is 7.49. The summed E-state index contributed by atoms with van der Waals surface area (Å²) < 4.78 is 1.58. The van der Waals surface area contributed by atoms with E-state index in [4.69, 9.17) is 4.98 Å². The van der Waals surface area contributed by atoms with Crippen LogP contribution in [0, 0.1) is 0 Å². The molecule has 2 aromatic carbocycles. The quantitative estimate of drug-likeness (QED) is 0.356. The number of rotatable bonds is 5. The maximum absolute atomic E-state index is 13.7. The third kappa shape index (κ3) is 3.71. The van der Waals surface area contributed by atoms with Gasteiger partial charge in [-0.15, -0.1) is 11.3 Å². The number of aryl methyl sites for hydroxylation is 2. The van der Waals surface area contributed by atoms with E-state index in [1.165, 1.54) is 10.4 Å². The zero-order valence-electron chi connectivity index (χ0n) is 18.4. The summed E-state index contributed by atoms with van der Waals surface area (Å²) in [6, 6.07) is 17.4. The molecule has 162 valence electrons. The van der Waals surface area contributed by atoms with Gasteiger partial charge in [-0.1, -0.05) is 68.4 Å². The summed E-state index contributed by atoms with van der Waals surface area (Å²) in [5, 5.41) is 0.715. The molecule has 4 aromatic rings. The average Bonchev–Trinajstić information content (AvgIpc) is 3.20. The van der Waals surface area contributed by atoms with E-state index in [-0.39, 0.29) is 17.9 Å². The van der Waals surface area contributed by atoms with E-state index in [9.17, 15) is 9.59 Å². The van der Waals surface area contributed by atoms with Crippen molar-refractivity contribution in [2.45, 2.75) is 52.0 Å². The lowest BCUT2D eigenvalue weighted by molar-refractivity contribution is 0.0971. The molecule has 0 saturated heterocycles. The number of Topliss-reactive ketones (excluding diaryl/α,β-unsaturated/α-hetero) is 1. The van der Waals surface area contributed by atoms with Crippen molar-refractivity contribution >= 4 is 27.3 Å². The van der Waals surface area contributed by atoms with Crippen LogP contribution in [0.25, 0.3) is 21.6 Å². The molecule has 0 radical (unpaired) electrons. The fraction of sp³-hybridized carbons (Fsp3) is 0.296. The average molecular weight is 443 g/mol. The van der Waals surface area contributed by atoms with E-state index >= 15 is 0 Å². The Labute approximate surface area is 191 Å². The topological polar surface area (TPSA) is 52.0 Å². The molecule has 2 aromatic heterocycles. The largest absolute Gasteiger partial charge is 0.292 e. The van der Waals surface area contributed by atoms with Crippen molar-refractivity contribution in [3.8, 4) is 11.4 Å². The number of benzene rings is 2. The highest BCUT2D eigenvalue weighted by atomic mass is 32.1. The molecule has 5 heteroatoms. The Morgan fingerprint density at radius 2 is 1.75 bits per heavy atom. The van der Waals surface area contributed by atoms with Gasteiger partial charge in [0.05, 0.1) is 11.9 Å². The van der Waals surface area contributed by atoms with Gasteiger partial charge < -0.3 is 0 Å². The lowest BCUT2D eigenvalue weighted by Gasteiger charge is -2.14. The summed E-state index contributed by atoms with van der Waals surface area (Å²) >= 11 is 1.64. The predicted molar refractivity (Wildman–Crippen MR) is 131 cm³/mol. The highest BCUT2D eigenvalue weighted by molar-refractivity contribution is 7.18. The number of thiophene rings is 1. The van der Waals surface area contributed by atoms with Crippen LogP contribution in [-0.2, 0) is 19.4 Å². The van der Waals surface area contributed by atoms with Crippen LogP contribution >= 0.6 is 11.3 Å². The van der Waals surface area contributed by atoms with Gasteiger partial charge in [-0.25, -0.2) is 4.98 Å². The fourth-order valence-corrected chi connectivity index (χ4v) is 5.73. The molecule has 5 rings (SSSR count). The second-order valence-electron chi connectivity index (χ2n) is 8.78. The molecule has 0 amide bonds. The number of fused-ring (bicyclic) bond motifs is 3. The highest BCUT2D eigenvalue weighted by Gasteiger charge is 2.23. The van der Waals surface area contributed by atoms with Crippen LogP contribution in [0.3, 0.4) is 0 Å². The van der Waals surface area contributed by atoms with E-state index in [2.05, 4.69) is 13.8 Å². The van der Waals surface area contributed by atoms with Gasteiger partial charge in [0, 0.05) is 16.0 Å². The Morgan fingerprint density at radius 1 is 1.03 bits per heavy atom. The molecular weight excluding hydrogens is 416 g/mol. The maximum atomic E-state index is 13.7. The van der Waals surface area contributed by atoms with Crippen molar-refractivity contribution in [2.24, 2.45) is 0 Å². The van der Waals surface area contributed by atoms with Crippen LogP contribution in [0.15, 0.2) is 59.4 Å². The van der Waals surface area contributed by atoms with E-state index in [0.29, 0.717) is 22.7 Å². The molecule has 0 fully saturated rings. The first kappa shape index (κ1) is 20.8. The summed E-state index contributed by atoms with van der Waals surface area (Å²) in [6.07, 6.45) is 4.18. The molecule has 2 heterocycles. The smallest absolute Gasteiger partial charge is 0.263 e. The Balaban J connectivity index is 1.63. The van der Waals surface area contributed by atoms with Gasteiger partial charge >= 0.3 is 0 Å². The summed E-state index contributed by atoms with van der Waals surface area (Å²) in [5.74, 6) is 0.890. The summed E-state index contributed by atoms with van der Waals surface area (Å²) in [4.78, 5) is 34.0. The molecule has 32 heavy (non-hydrogen) atoms. The highest BCUT2D eigenvalue weighted by Crippen LogP contribution is 2.34. The molecule has 0 N–H and O–H groups in total. The van der Waals surface area contributed by atoms with E-state index in [1.54, 1.807) is 15.9 Å². The number of hydrogen-bond acceptors (Lipinski definition) is 4. The second kappa shape index (κ2) is 8.47. The first-order valence-electron chi connectivity index (χ1n) is 11.3. The van der Waals surface area contributed by atoms with Gasteiger partial charge in [-0.3, -0.25) is 14.2 Å². The van der Waals surface area contributed by atoms with Crippen molar-refractivity contribution in [3.63, 3.8) is 0 Å². The molecule has 0 unspecified atom stereocenters. The summed E-state index contributed by atoms with van der Waals surface area (Å²) in [5.41, 5.74) is 3.71. The van der Waals surface area contributed by atoms with Crippen molar-refractivity contribution in [3.05, 3.63) is 86.5 Å². The van der Waals surface area contributed by atoms with Crippen LogP contribution in [0.4, 0.5) is 0 Å². The Morgan fingerprint density at radius 3 is 2.47 bits per heavy atom. The minimum atomic E-state index is -0.0968. The Kier molecular flexibility index (Phi) is 5.51. The predicted octanol–water partition coefficient (Wildman–Crippen LogP) is 6.01. The number of ketones is 1. The van der Waals surface area contributed by atoms with Crippen LogP contribution in [-0.4, -0.2) is 15.3 Å².